The predicted octanol–water partition coefficient (Wildman–Crippen LogP) is 1.62. The highest BCUT2D eigenvalue weighted by Crippen LogP contribution is 2.20. The Morgan fingerprint density at radius 2 is 2.10 bits per heavy atom. The maximum absolute atomic E-state index is 12.2. The Labute approximate surface area is 125 Å². The second-order valence-corrected chi connectivity index (χ2v) is 6.31. The molecule has 1 aromatic rings. The van der Waals surface area contributed by atoms with E-state index in [-0.39, 0.29) is 5.91 Å². The van der Waals surface area contributed by atoms with Gasteiger partial charge in [0.05, 0.1) is 17.3 Å². The van der Waals surface area contributed by atoms with Crippen LogP contribution in [-0.4, -0.2) is 44.2 Å². The molecule has 1 rings (SSSR count). The molecule has 5 nitrogen and oxygen atoms in total. The molecule has 1 heterocycles. The summed E-state index contributed by atoms with van der Waals surface area (Å²) in [5.41, 5.74) is 0.923. The van der Waals surface area contributed by atoms with Crippen molar-refractivity contribution in [1.29, 1.82) is 0 Å². The first kappa shape index (κ1) is 17.1. The Bertz CT molecular complexity index is 419. The number of aryl methyl sites for hydroxylation is 1. The minimum absolute atomic E-state index is 0.0141. The van der Waals surface area contributed by atoms with Crippen LogP contribution in [0.15, 0.2) is 0 Å². The van der Waals surface area contributed by atoms with Gasteiger partial charge in [-0.2, -0.15) is 0 Å². The lowest BCUT2D eigenvalue weighted by molar-refractivity contribution is 0.0956. The molecule has 0 aliphatic carbocycles. The fourth-order valence-corrected chi connectivity index (χ4v) is 2.68. The minimum atomic E-state index is -0.0141. The molecular weight excluding hydrogens is 274 g/mol. The lowest BCUT2D eigenvalue weighted by Crippen LogP contribution is -2.33. The van der Waals surface area contributed by atoms with Crippen molar-refractivity contribution in [1.82, 2.24) is 15.6 Å². The fraction of sp³-hybridized carbons (Fsp3) is 0.714. The molecule has 0 spiro atoms. The number of amides is 1. The van der Waals surface area contributed by atoms with Crippen LogP contribution in [0.25, 0.3) is 0 Å². The van der Waals surface area contributed by atoms with E-state index in [2.05, 4.69) is 29.5 Å². The maximum atomic E-state index is 12.2. The molecule has 6 heteroatoms. The van der Waals surface area contributed by atoms with Gasteiger partial charge in [-0.05, 0) is 19.3 Å². The van der Waals surface area contributed by atoms with E-state index in [9.17, 15) is 4.79 Å². The van der Waals surface area contributed by atoms with E-state index in [0.29, 0.717) is 19.1 Å². The van der Waals surface area contributed by atoms with Gasteiger partial charge in [-0.25, -0.2) is 4.98 Å². The highest BCUT2D eigenvalue weighted by molar-refractivity contribution is 7.13. The van der Waals surface area contributed by atoms with Crippen LogP contribution in [0.5, 0.6) is 0 Å². The zero-order valence-corrected chi connectivity index (χ0v) is 13.6. The summed E-state index contributed by atoms with van der Waals surface area (Å²) in [5, 5.41) is 7.07. The van der Waals surface area contributed by atoms with Gasteiger partial charge < -0.3 is 15.4 Å². The topological polar surface area (TPSA) is 63.2 Å². The Morgan fingerprint density at radius 3 is 2.75 bits per heavy atom. The van der Waals surface area contributed by atoms with E-state index in [1.165, 1.54) is 11.3 Å². The van der Waals surface area contributed by atoms with Gasteiger partial charge >= 0.3 is 0 Å². The molecule has 20 heavy (non-hydrogen) atoms. The third kappa shape index (κ3) is 5.98. The predicted molar refractivity (Wildman–Crippen MR) is 82.5 cm³/mol. The smallest absolute Gasteiger partial charge is 0.263 e. The number of methoxy groups -OCH3 is 1. The fourth-order valence-electron chi connectivity index (χ4n) is 1.82. The van der Waals surface area contributed by atoms with Gasteiger partial charge in [0.15, 0.2) is 0 Å². The second-order valence-electron chi connectivity index (χ2n) is 5.11. The van der Waals surface area contributed by atoms with Crippen LogP contribution in [0.3, 0.4) is 0 Å². The van der Waals surface area contributed by atoms with Gasteiger partial charge in [0.2, 0.25) is 0 Å². The molecule has 0 fully saturated rings. The molecule has 0 aliphatic rings. The lowest BCUT2D eigenvalue weighted by Gasteiger charge is -2.07. The van der Waals surface area contributed by atoms with Crippen LogP contribution in [0.4, 0.5) is 0 Å². The molecule has 0 saturated heterocycles. The number of ether oxygens (including phenoxy) is 1. The molecule has 0 radical (unpaired) electrons. The standard InChI is InChI=1S/C14H25N3O2S/c1-10(2)9-12-13(20-11(3)17-12)14(18)16-6-5-15-7-8-19-4/h10,15H,5-9H2,1-4H3,(H,16,18). The first-order chi connectivity index (χ1) is 9.54. The molecule has 114 valence electrons. The second kappa shape index (κ2) is 9.05. The molecule has 1 amide bonds. The zero-order valence-electron chi connectivity index (χ0n) is 12.8. The summed E-state index contributed by atoms with van der Waals surface area (Å²) in [7, 11) is 1.67. The Balaban J connectivity index is 2.42. The number of thiazole rings is 1. The van der Waals surface area contributed by atoms with Gasteiger partial charge in [-0.1, -0.05) is 13.8 Å². The molecule has 2 N–H and O–H groups in total. The normalized spacial score (nSPS) is 11.1. The lowest BCUT2D eigenvalue weighted by atomic mass is 10.1. The van der Waals surface area contributed by atoms with Crippen molar-refractivity contribution in [3.05, 3.63) is 15.6 Å². The third-order valence-corrected chi connectivity index (χ3v) is 3.69. The van der Waals surface area contributed by atoms with Crippen LogP contribution in [0, 0.1) is 12.8 Å². The van der Waals surface area contributed by atoms with Crippen molar-refractivity contribution >= 4 is 17.2 Å². The summed E-state index contributed by atoms with van der Waals surface area (Å²) in [6.45, 7) is 9.04. The molecule has 0 unspecified atom stereocenters. The minimum Gasteiger partial charge on any atom is -0.383 e. The van der Waals surface area contributed by atoms with E-state index in [1.54, 1.807) is 7.11 Å². The molecule has 0 atom stereocenters. The van der Waals surface area contributed by atoms with Crippen molar-refractivity contribution in [2.75, 3.05) is 33.4 Å². The Kier molecular flexibility index (Phi) is 7.72. The van der Waals surface area contributed by atoms with Crippen molar-refractivity contribution in [2.45, 2.75) is 27.2 Å². The summed E-state index contributed by atoms with van der Waals surface area (Å²) in [4.78, 5) is 17.4. The SMILES string of the molecule is COCCNCCNC(=O)c1sc(C)nc1CC(C)C. The molecule has 0 bridgehead atoms. The quantitative estimate of drug-likeness (QED) is 0.680. The van der Waals surface area contributed by atoms with Crippen LogP contribution in [-0.2, 0) is 11.2 Å². The third-order valence-electron chi connectivity index (χ3n) is 2.68. The largest absolute Gasteiger partial charge is 0.383 e. The van der Waals surface area contributed by atoms with Gasteiger partial charge in [0.1, 0.15) is 4.88 Å². The van der Waals surface area contributed by atoms with Crippen molar-refractivity contribution < 1.29 is 9.53 Å². The number of aromatic nitrogens is 1. The van der Waals surface area contributed by atoms with E-state index in [4.69, 9.17) is 4.74 Å². The number of nitrogens with one attached hydrogen (secondary N) is 2. The van der Waals surface area contributed by atoms with E-state index < -0.39 is 0 Å². The average molecular weight is 299 g/mol. The molecular formula is C14H25N3O2S. The average Bonchev–Trinajstić information content (AvgIpc) is 2.73. The van der Waals surface area contributed by atoms with Crippen molar-refractivity contribution in [2.24, 2.45) is 5.92 Å². The van der Waals surface area contributed by atoms with Gasteiger partial charge in [0.25, 0.3) is 5.91 Å². The highest BCUT2D eigenvalue weighted by Gasteiger charge is 2.16. The summed E-state index contributed by atoms with van der Waals surface area (Å²) < 4.78 is 4.94. The van der Waals surface area contributed by atoms with Crippen LogP contribution in [0.2, 0.25) is 0 Å². The number of rotatable bonds is 9. The van der Waals surface area contributed by atoms with Crippen molar-refractivity contribution in [3.63, 3.8) is 0 Å². The number of hydrogen-bond acceptors (Lipinski definition) is 5. The Hall–Kier alpha value is -0.980. The first-order valence-corrected chi connectivity index (χ1v) is 7.80. The first-order valence-electron chi connectivity index (χ1n) is 6.98. The number of hydrogen-bond donors (Lipinski definition) is 2. The van der Waals surface area contributed by atoms with E-state index >= 15 is 0 Å². The molecule has 0 aliphatic heterocycles. The number of nitrogens with zero attached hydrogens (tertiary/aromatic N) is 1. The summed E-state index contributed by atoms with van der Waals surface area (Å²) >= 11 is 1.47. The number of carbonyl (C=O) groups is 1. The van der Waals surface area contributed by atoms with Gasteiger partial charge in [0, 0.05) is 26.7 Å². The summed E-state index contributed by atoms with van der Waals surface area (Å²) in [5.74, 6) is 0.485. The maximum Gasteiger partial charge on any atom is 0.263 e. The van der Waals surface area contributed by atoms with Crippen LogP contribution in [0.1, 0.15) is 34.2 Å². The number of carbonyl (C=O) groups excluding carboxylic acids is 1. The summed E-state index contributed by atoms with van der Waals surface area (Å²) in [6.07, 6.45) is 0.846. The van der Waals surface area contributed by atoms with Gasteiger partial charge in [-0.3, -0.25) is 4.79 Å². The zero-order chi connectivity index (χ0) is 15.0. The van der Waals surface area contributed by atoms with Crippen LogP contribution >= 0.6 is 11.3 Å². The molecule has 0 aromatic carbocycles. The van der Waals surface area contributed by atoms with E-state index in [1.807, 2.05) is 6.92 Å². The Morgan fingerprint density at radius 1 is 1.35 bits per heavy atom. The van der Waals surface area contributed by atoms with Crippen LogP contribution < -0.4 is 10.6 Å². The monoisotopic (exact) mass is 299 g/mol. The van der Waals surface area contributed by atoms with Gasteiger partial charge in [-0.15, -0.1) is 11.3 Å². The summed E-state index contributed by atoms with van der Waals surface area (Å²) in [6, 6.07) is 0. The molecule has 0 saturated carbocycles. The highest BCUT2D eigenvalue weighted by atomic mass is 32.1. The van der Waals surface area contributed by atoms with E-state index in [0.717, 1.165) is 35.1 Å². The molecule has 1 aromatic heterocycles. The van der Waals surface area contributed by atoms with Crippen molar-refractivity contribution in [3.8, 4) is 0 Å².